The van der Waals surface area contributed by atoms with Crippen molar-refractivity contribution in [3.63, 3.8) is 0 Å². The molecule has 0 aromatic carbocycles. The summed E-state index contributed by atoms with van der Waals surface area (Å²) in [6.07, 6.45) is 2.54. The van der Waals surface area contributed by atoms with Crippen molar-refractivity contribution in [2.75, 3.05) is 13.1 Å². The van der Waals surface area contributed by atoms with Crippen LogP contribution in [0.3, 0.4) is 0 Å². The predicted octanol–water partition coefficient (Wildman–Crippen LogP) is -0.244. The maximum absolute atomic E-state index is 11.6. The molecule has 5 nitrogen and oxygen atoms in total. The standard InChI is InChI=1S/C11H21N3O2/c1-8(2)9(15)13-6-7-14-10(16)11(12)4-3-5-11/h8H,3-7,12H2,1-2H3,(H,13,15)(H,14,16). The van der Waals surface area contributed by atoms with Gasteiger partial charge in [-0.05, 0) is 19.3 Å². The van der Waals surface area contributed by atoms with Crippen LogP contribution in [0.25, 0.3) is 0 Å². The van der Waals surface area contributed by atoms with E-state index < -0.39 is 5.54 Å². The Labute approximate surface area is 96.1 Å². The molecule has 5 heteroatoms. The molecule has 2 amide bonds. The lowest BCUT2D eigenvalue weighted by atomic mass is 9.77. The molecule has 1 aliphatic rings. The predicted molar refractivity (Wildman–Crippen MR) is 61.6 cm³/mol. The number of carbonyl (C=O) groups excluding carboxylic acids is 2. The highest BCUT2D eigenvalue weighted by Crippen LogP contribution is 2.28. The fourth-order valence-corrected chi connectivity index (χ4v) is 1.53. The third kappa shape index (κ3) is 3.20. The van der Waals surface area contributed by atoms with Crippen molar-refractivity contribution in [2.45, 2.75) is 38.6 Å². The van der Waals surface area contributed by atoms with Gasteiger partial charge in [0.2, 0.25) is 11.8 Å². The minimum absolute atomic E-state index is 0.000329. The van der Waals surface area contributed by atoms with Crippen LogP contribution in [0.2, 0.25) is 0 Å². The van der Waals surface area contributed by atoms with E-state index in [1.165, 1.54) is 0 Å². The lowest BCUT2D eigenvalue weighted by molar-refractivity contribution is -0.129. The zero-order chi connectivity index (χ0) is 12.2. The van der Waals surface area contributed by atoms with E-state index in [0.29, 0.717) is 13.1 Å². The first kappa shape index (κ1) is 13.0. The van der Waals surface area contributed by atoms with Crippen LogP contribution in [0.15, 0.2) is 0 Å². The van der Waals surface area contributed by atoms with Gasteiger partial charge in [-0.3, -0.25) is 9.59 Å². The average Bonchev–Trinajstić information content (AvgIpc) is 2.19. The molecule has 16 heavy (non-hydrogen) atoms. The second-order valence-electron chi connectivity index (χ2n) is 4.71. The third-order valence-corrected chi connectivity index (χ3v) is 2.93. The molecule has 1 saturated carbocycles. The first-order valence-corrected chi connectivity index (χ1v) is 5.80. The maximum atomic E-state index is 11.6. The highest BCUT2D eigenvalue weighted by atomic mass is 16.2. The van der Waals surface area contributed by atoms with Gasteiger partial charge in [-0.2, -0.15) is 0 Å². The number of nitrogens with two attached hydrogens (primary N) is 1. The number of nitrogens with one attached hydrogen (secondary N) is 2. The highest BCUT2D eigenvalue weighted by Gasteiger charge is 2.39. The van der Waals surface area contributed by atoms with Crippen LogP contribution in [0.4, 0.5) is 0 Å². The van der Waals surface area contributed by atoms with Gasteiger partial charge in [0.15, 0.2) is 0 Å². The smallest absolute Gasteiger partial charge is 0.240 e. The van der Waals surface area contributed by atoms with Crippen molar-refractivity contribution in [1.82, 2.24) is 10.6 Å². The van der Waals surface area contributed by atoms with Crippen molar-refractivity contribution in [2.24, 2.45) is 11.7 Å². The summed E-state index contributed by atoms with van der Waals surface area (Å²) in [5, 5.41) is 5.47. The van der Waals surface area contributed by atoms with Gasteiger partial charge >= 0.3 is 0 Å². The Morgan fingerprint density at radius 1 is 1.25 bits per heavy atom. The van der Waals surface area contributed by atoms with Crippen LogP contribution >= 0.6 is 0 Å². The van der Waals surface area contributed by atoms with Gasteiger partial charge in [-0.15, -0.1) is 0 Å². The monoisotopic (exact) mass is 227 g/mol. The van der Waals surface area contributed by atoms with E-state index in [0.717, 1.165) is 19.3 Å². The second-order valence-corrected chi connectivity index (χ2v) is 4.71. The summed E-state index contributed by atoms with van der Waals surface area (Å²) in [5.74, 6) is -0.124. The van der Waals surface area contributed by atoms with Gasteiger partial charge in [-0.25, -0.2) is 0 Å². The molecule has 92 valence electrons. The van der Waals surface area contributed by atoms with E-state index in [9.17, 15) is 9.59 Å². The summed E-state index contributed by atoms with van der Waals surface area (Å²) in [6, 6.07) is 0. The number of hydrogen-bond donors (Lipinski definition) is 3. The second kappa shape index (κ2) is 5.30. The molecule has 1 fully saturated rings. The molecule has 0 unspecified atom stereocenters. The number of amides is 2. The average molecular weight is 227 g/mol. The van der Waals surface area contributed by atoms with Gasteiger partial charge in [0.05, 0.1) is 5.54 Å². The van der Waals surface area contributed by atoms with Crippen LogP contribution in [-0.4, -0.2) is 30.4 Å². The van der Waals surface area contributed by atoms with E-state index in [2.05, 4.69) is 10.6 Å². The molecule has 4 N–H and O–H groups in total. The summed E-state index contributed by atoms with van der Waals surface area (Å²) in [6.45, 7) is 4.56. The Bertz CT molecular complexity index is 272. The normalized spacial score (nSPS) is 17.8. The van der Waals surface area contributed by atoms with E-state index in [1.54, 1.807) is 0 Å². The Balaban J connectivity index is 2.11. The van der Waals surface area contributed by atoms with Gasteiger partial charge in [0.1, 0.15) is 0 Å². The van der Waals surface area contributed by atoms with Gasteiger partial charge in [0.25, 0.3) is 0 Å². The zero-order valence-corrected chi connectivity index (χ0v) is 10.0. The number of carbonyl (C=O) groups is 2. The molecule has 0 saturated heterocycles. The number of hydrogen-bond acceptors (Lipinski definition) is 3. The molecule has 0 radical (unpaired) electrons. The van der Waals surface area contributed by atoms with Crippen molar-refractivity contribution in [3.8, 4) is 0 Å². The maximum Gasteiger partial charge on any atom is 0.240 e. The first-order chi connectivity index (χ1) is 7.46. The summed E-state index contributed by atoms with van der Waals surface area (Å²) in [7, 11) is 0. The fraction of sp³-hybridized carbons (Fsp3) is 0.818. The molecular weight excluding hydrogens is 206 g/mol. The number of rotatable bonds is 5. The Hall–Kier alpha value is -1.10. The van der Waals surface area contributed by atoms with Crippen LogP contribution < -0.4 is 16.4 Å². The Morgan fingerprint density at radius 3 is 2.25 bits per heavy atom. The van der Waals surface area contributed by atoms with Crippen molar-refractivity contribution in [3.05, 3.63) is 0 Å². The summed E-state index contributed by atoms with van der Waals surface area (Å²) in [4.78, 5) is 22.8. The van der Waals surface area contributed by atoms with Crippen LogP contribution in [0, 0.1) is 5.92 Å². The largest absolute Gasteiger partial charge is 0.354 e. The molecule has 0 aromatic heterocycles. The van der Waals surface area contributed by atoms with Crippen LogP contribution in [0.1, 0.15) is 33.1 Å². The summed E-state index contributed by atoms with van der Waals surface area (Å²) < 4.78 is 0. The van der Waals surface area contributed by atoms with E-state index in [1.807, 2.05) is 13.8 Å². The molecule has 1 rings (SSSR count). The van der Waals surface area contributed by atoms with Crippen molar-refractivity contribution in [1.29, 1.82) is 0 Å². The fourth-order valence-electron chi connectivity index (χ4n) is 1.53. The summed E-state index contributed by atoms with van der Waals surface area (Å²) >= 11 is 0. The van der Waals surface area contributed by atoms with E-state index in [4.69, 9.17) is 5.73 Å². The molecule has 1 aliphatic carbocycles. The minimum Gasteiger partial charge on any atom is -0.354 e. The third-order valence-electron chi connectivity index (χ3n) is 2.93. The van der Waals surface area contributed by atoms with Crippen LogP contribution in [-0.2, 0) is 9.59 Å². The quantitative estimate of drug-likeness (QED) is 0.567. The lowest BCUT2D eigenvalue weighted by Crippen LogP contribution is -2.59. The zero-order valence-electron chi connectivity index (χ0n) is 10.0. The SMILES string of the molecule is CC(C)C(=O)NCCNC(=O)C1(N)CCC1. The van der Waals surface area contributed by atoms with Gasteiger partial charge in [0, 0.05) is 19.0 Å². The summed E-state index contributed by atoms with van der Waals surface area (Å²) in [5.41, 5.74) is 5.19. The molecule has 0 spiro atoms. The van der Waals surface area contributed by atoms with Gasteiger partial charge in [-0.1, -0.05) is 13.8 Å². The minimum atomic E-state index is -0.651. The van der Waals surface area contributed by atoms with Crippen molar-refractivity contribution < 1.29 is 9.59 Å². The van der Waals surface area contributed by atoms with Crippen LogP contribution in [0.5, 0.6) is 0 Å². The van der Waals surface area contributed by atoms with E-state index >= 15 is 0 Å². The molecule has 0 atom stereocenters. The molecular formula is C11H21N3O2. The van der Waals surface area contributed by atoms with Gasteiger partial charge < -0.3 is 16.4 Å². The molecule has 0 heterocycles. The topological polar surface area (TPSA) is 84.2 Å². The molecule has 0 aromatic rings. The Kier molecular flexibility index (Phi) is 4.29. The van der Waals surface area contributed by atoms with E-state index in [-0.39, 0.29) is 17.7 Å². The Morgan fingerprint density at radius 2 is 1.81 bits per heavy atom. The highest BCUT2D eigenvalue weighted by molar-refractivity contribution is 5.87. The van der Waals surface area contributed by atoms with Crippen molar-refractivity contribution >= 4 is 11.8 Å². The molecule has 0 bridgehead atoms. The molecule has 0 aliphatic heterocycles. The lowest BCUT2D eigenvalue weighted by Gasteiger charge is -2.36. The first-order valence-electron chi connectivity index (χ1n) is 5.80.